The van der Waals surface area contributed by atoms with Crippen LogP contribution in [0.2, 0.25) is 0 Å². The number of furan rings is 1. The fourth-order valence-corrected chi connectivity index (χ4v) is 2.88. The van der Waals surface area contributed by atoms with Gasteiger partial charge >= 0.3 is 0 Å². The monoisotopic (exact) mass is 271 g/mol. The SMILES string of the molecule is CCNC(c1ccc2c(c1)COC2)c1ccoc1CC. The molecule has 0 aliphatic carbocycles. The Hall–Kier alpha value is -1.58. The summed E-state index contributed by atoms with van der Waals surface area (Å²) in [7, 11) is 0. The van der Waals surface area contributed by atoms with Crippen LogP contribution in [0.4, 0.5) is 0 Å². The van der Waals surface area contributed by atoms with Gasteiger partial charge in [0.1, 0.15) is 5.76 Å². The highest BCUT2D eigenvalue weighted by atomic mass is 16.5. The molecule has 106 valence electrons. The van der Waals surface area contributed by atoms with Gasteiger partial charge in [-0.05, 0) is 29.3 Å². The third-order valence-electron chi connectivity index (χ3n) is 3.90. The molecule has 1 aliphatic heterocycles. The smallest absolute Gasteiger partial charge is 0.108 e. The van der Waals surface area contributed by atoms with Crippen molar-refractivity contribution in [3.8, 4) is 0 Å². The molecule has 0 saturated carbocycles. The molecule has 2 aromatic rings. The Morgan fingerprint density at radius 3 is 2.80 bits per heavy atom. The van der Waals surface area contributed by atoms with E-state index in [0.29, 0.717) is 0 Å². The molecule has 1 aliphatic rings. The van der Waals surface area contributed by atoms with Gasteiger partial charge in [-0.1, -0.05) is 32.0 Å². The Balaban J connectivity index is 1.98. The first-order valence-corrected chi connectivity index (χ1v) is 7.32. The highest BCUT2D eigenvalue weighted by Crippen LogP contribution is 2.30. The van der Waals surface area contributed by atoms with Crippen molar-refractivity contribution in [3.05, 3.63) is 58.5 Å². The first-order valence-electron chi connectivity index (χ1n) is 7.32. The fraction of sp³-hybridized carbons (Fsp3) is 0.412. The Bertz CT molecular complexity index is 588. The molecule has 1 aromatic carbocycles. The third kappa shape index (κ3) is 2.39. The van der Waals surface area contributed by atoms with E-state index >= 15 is 0 Å². The van der Waals surface area contributed by atoms with Crippen molar-refractivity contribution in [2.24, 2.45) is 0 Å². The van der Waals surface area contributed by atoms with Crippen LogP contribution in [0.5, 0.6) is 0 Å². The Morgan fingerprint density at radius 2 is 2.00 bits per heavy atom. The summed E-state index contributed by atoms with van der Waals surface area (Å²) in [6.07, 6.45) is 2.70. The highest BCUT2D eigenvalue weighted by molar-refractivity contribution is 5.39. The Kier molecular flexibility index (Phi) is 3.90. The molecule has 0 amide bonds. The second-order valence-electron chi connectivity index (χ2n) is 5.16. The zero-order valence-corrected chi connectivity index (χ0v) is 12.1. The average molecular weight is 271 g/mol. The quantitative estimate of drug-likeness (QED) is 0.902. The summed E-state index contributed by atoms with van der Waals surface area (Å²) < 4.78 is 11.1. The molecule has 1 atom stereocenters. The van der Waals surface area contributed by atoms with E-state index in [1.54, 1.807) is 6.26 Å². The van der Waals surface area contributed by atoms with Crippen LogP contribution >= 0.6 is 0 Å². The molecule has 0 bridgehead atoms. The molecule has 3 nitrogen and oxygen atoms in total. The number of benzene rings is 1. The van der Waals surface area contributed by atoms with Gasteiger partial charge in [0.2, 0.25) is 0 Å². The number of nitrogens with one attached hydrogen (secondary N) is 1. The number of ether oxygens (including phenoxy) is 1. The minimum atomic E-state index is 0.194. The van der Waals surface area contributed by atoms with Gasteiger partial charge in [-0.2, -0.15) is 0 Å². The zero-order chi connectivity index (χ0) is 13.9. The van der Waals surface area contributed by atoms with Crippen LogP contribution in [0.1, 0.15) is 47.9 Å². The Morgan fingerprint density at radius 1 is 1.15 bits per heavy atom. The first kappa shape index (κ1) is 13.4. The van der Waals surface area contributed by atoms with Gasteiger partial charge < -0.3 is 14.5 Å². The minimum Gasteiger partial charge on any atom is -0.469 e. The van der Waals surface area contributed by atoms with Gasteiger partial charge in [-0.3, -0.25) is 0 Å². The maximum Gasteiger partial charge on any atom is 0.108 e. The van der Waals surface area contributed by atoms with Crippen LogP contribution in [-0.2, 0) is 24.4 Å². The molecule has 20 heavy (non-hydrogen) atoms. The van der Waals surface area contributed by atoms with Gasteiger partial charge in [0, 0.05) is 12.0 Å². The molecular formula is C17H21NO2. The molecule has 0 saturated heterocycles. The first-order chi connectivity index (χ1) is 9.83. The molecule has 0 fully saturated rings. The highest BCUT2D eigenvalue weighted by Gasteiger charge is 2.20. The van der Waals surface area contributed by atoms with E-state index in [0.717, 1.165) is 31.9 Å². The van der Waals surface area contributed by atoms with Crippen LogP contribution < -0.4 is 5.32 Å². The third-order valence-corrected chi connectivity index (χ3v) is 3.90. The van der Waals surface area contributed by atoms with Crippen molar-refractivity contribution < 1.29 is 9.15 Å². The predicted octanol–water partition coefficient (Wildman–Crippen LogP) is 3.57. The summed E-state index contributed by atoms with van der Waals surface area (Å²) in [5.74, 6) is 1.06. The van der Waals surface area contributed by atoms with Crippen LogP contribution in [-0.4, -0.2) is 6.54 Å². The Labute approximate surface area is 119 Å². The van der Waals surface area contributed by atoms with Crippen LogP contribution in [0.25, 0.3) is 0 Å². The van der Waals surface area contributed by atoms with Crippen molar-refractivity contribution in [2.75, 3.05) is 6.54 Å². The van der Waals surface area contributed by atoms with Gasteiger partial charge in [0.15, 0.2) is 0 Å². The summed E-state index contributed by atoms with van der Waals surface area (Å²) >= 11 is 0. The summed E-state index contributed by atoms with van der Waals surface area (Å²) in [6, 6.07) is 8.93. The number of aryl methyl sites for hydroxylation is 1. The number of rotatable bonds is 5. The van der Waals surface area contributed by atoms with Gasteiger partial charge in [-0.15, -0.1) is 0 Å². The lowest BCUT2D eigenvalue weighted by Gasteiger charge is -2.19. The van der Waals surface area contributed by atoms with Crippen molar-refractivity contribution >= 4 is 0 Å². The second kappa shape index (κ2) is 5.81. The molecule has 3 rings (SSSR count). The van der Waals surface area contributed by atoms with E-state index in [1.807, 2.05) is 0 Å². The number of fused-ring (bicyclic) bond motifs is 1. The second-order valence-corrected chi connectivity index (χ2v) is 5.16. The molecule has 1 N–H and O–H groups in total. The largest absolute Gasteiger partial charge is 0.469 e. The van der Waals surface area contributed by atoms with Crippen LogP contribution in [0.3, 0.4) is 0 Å². The molecular weight excluding hydrogens is 250 g/mol. The lowest BCUT2D eigenvalue weighted by molar-refractivity contribution is 0.134. The number of hydrogen-bond donors (Lipinski definition) is 1. The standard InChI is InChI=1S/C17H21NO2/c1-3-16-15(7-8-20-16)17(18-4-2)12-5-6-13-10-19-11-14(13)9-12/h5-9,17-18H,3-4,10-11H2,1-2H3. The lowest BCUT2D eigenvalue weighted by atomic mass is 9.95. The van der Waals surface area contributed by atoms with Gasteiger partial charge in [-0.25, -0.2) is 0 Å². The van der Waals surface area contributed by atoms with E-state index < -0.39 is 0 Å². The van der Waals surface area contributed by atoms with Gasteiger partial charge in [0.05, 0.1) is 25.5 Å². The summed E-state index contributed by atoms with van der Waals surface area (Å²) in [5, 5.41) is 3.57. The summed E-state index contributed by atoms with van der Waals surface area (Å²) in [4.78, 5) is 0. The minimum absolute atomic E-state index is 0.194. The fourth-order valence-electron chi connectivity index (χ4n) is 2.88. The van der Waals surface area contributed by atoms with E-state index in [9.17, 15) is 0 Å². The van der Waals surface area contributed by atoms with Crippen LogP contribution in [0.15, 0.2) is 34.9 Å². The maximum atomic E-state index is 5.59. The maximum absolute atomic E-state index is 5.59. The molecule has 3 heteroatoms. The molecule has 0 spiro atoms. The topological polar surface area (TPSA) is 34.4 Å². The lowest BCUT2D eigenvalue weighted by Crippen LogP contribution is -2.22. The van der Waals surface area contributed by atoms with Gasteiger partial charge in [0.25, 0.3) is 0 Å². The van der Waals surface area contributed by atoms with E-state index in [-0.39, 0.29) is 6.04 Å². The predicted molar refractivity (Wildman–Crippen MR) is 78.5 cm³/mol. The van der Waals surface area contributed by atoms with Crippen molar-refractivity contribution in [3.63, 3.8) is 0 Å². The van der Waals surface area contributed by atoms with Crippen molar-refractivity contribution in [1.29, 1.82) is 0 Å². The van der Waals surface area contributed by atoms with Crippen LogP contribution in [0, 0.1) is 0 Å². The molecule has 0 radical (unpaired) electrons. The normalized spacial score (nSPS) is 15.3. The average Bonchev–Trinajstić information content (AvgIpc) is 3.12. The van der Waals surface area contributed by atoms with Crippen molar-refractivity contribution in [2.45, 2.75) is 39.5 Å². The molecule has 1 unspecified atom stereocenters. The summed E-state index contributed by atoms with van der Waals surface area (Å²) in [5.41, 5.74) is 5.15. The zero-order valence-electron chi connectivity index (χ0n) is 12.1. The van der Waals surface area contributed by atoms with E-state index in [4.69, 9.17) is 9.15 Å². The number of hydrogen-bond acceptors (Lipinski definition) is 3. The van der Waals surface area contributed by atoms with Crippen molar-refractivity contribution in [1.82, 2.24) is 5.32 Å². The van der Waals surface area contributed by atoms with E-state index in [1.165, 1.54) is 22.3 Å². The van der Waals surface area contributed by atoms with E-state index in [2.05, 4.69) is 43.4 Å². The molecule has 1 aromatic heterocycles. The summed E-state index contributed by atoms with van der Waals surface area (Å²) in [6.45, 7) is 6.66. The molecule has 2 heterocycles.